The minimum absolute atomic E-state index is 0.00401. The van der Waals surface area contributed by atoms with Gasteiger partial charge in [0, 0.05) is 0 Å². The molecule has 0 aliphatic heterocycles. The van der Waals surface area contributed by atoms with E-state index in [1.54, 1.807) is 6.08 Å². The molecule has 52 heavy (non-hydrogen) atoms. The fourth-order valence-corrected chi connectivity index (χ4v) is 6.60. The van der Waals surface area contributed by atoms with Crippen LogP contribution in [0.4, 0.5) is 0 Å². The van der Waals surface area contributed by atoms with E-state index in [0.29, 0.717) is 6.42 Å². The van der Waals surface area contributed by atoms with E-state index in [4.69, 9.17) is 0 Å². The molecule has 0 aromatic rings. The number of hydrogen-bond donors (Lipinski definition) is 4. The average Bonchev–Trinajstić information content (AvgIpc) is 3.14. The van der Waals surface area contributed by atoms with Crippen LogP contribution in [0.15, 0.2) is 48.6 Å². The molecular weight excluding hydrogens is 643 g/mol. The molecular formula is C47H87NO4. The van der Waals surface area contributed by atoms with Gasteiger partial charge in [0.05, 0.1) is 31.3 Å². The molecule has 0 saturated carbocycles. The molecule has 0 aromatic heterocycles. The highest BCUT2D eigenvalue weighted by molar-refractivity contribution is 5.76. The third kappa shape index (κ3) is 38.0. The van der Waals surface area contributed by atoms with Crippen LogP contribution >= 0.6 is 0 Å². The largest absolute Gasteiger partial charge is 0.394 e. The molecule has 5 nitrogen and oxygen atoms in total. The van der Waals surface area contributed by atoms with Crippen LogP contribution in [0.25, 0.3) is 0 Å². The molecule has 4 N–H and O–H groups in total. The molecule has 0 radical (unpaired) electrons. The second-order valence-electron chi connectivity index (χ2n) is 15.3. The maximum atomic E-state index is 12.4. The molecule has 5 heteroatoms. The van der Waals surface area contributed by atoms with E-state index in [-0.39, 0.29) is 18.9 Å². The highest BCUT2D eigenvalue weighted by atomic mass is 16.3. The number of allylic oxidation sites excluding steroid dienone is 7. The Morgan fingerprint density at radius 2 is 0.827 bits per heavy atom. The molecule has 0 fully saturated rings. The summed E-state index contributed by atoms with van der Waals surface area (Å²) in [5, 5.41) is 33.2. The molecule has 0 aliphatic carbocycles. The molecule has 0 saturated heterocycles. The Kier molecular flexibility index (Phi) is 40.7. The number of unbranched alkanes of at least 4 members (excludes halogenated alkanes) is 25. The third-order valence-electron chi connectivity index (χ3n) is 10.1. The molecule has 304 valence electrons. The number of hydrogen-bond acceptors (Lipinski definition) is 4. The highest BCUT2D eigenvalue weighted by Gasteiger charge is 2.20. The van der Waals surface area contributed by atoms with Gasteiger partial charge < -0.3 is 20.6 Å². The fraction of sp³-hybridized carbons (Fsp3) is 0.809. The zero-order chi connectivity index (χ0) is 38.0. The minimum Gasteiger partial charge on any atom is -0.394 e. The van der Waals surface area contributed by atoms with Crippen LogP contribution in [0.3, 0.4) is 0 Å². The van der Waals surface area contributed by atoms with Crippen molar-refractivity contribution in [2.24, 2.45) is 0 Å². The van der Waals surface area contributed by atoms with Crippen LogP contribution in [0.1, 0.15) is 219 Å². The van der Waals surface area contributed by atoms with Crippen LogP contribution in [0.2, 0.25) is 0 Å². The van der Waals surface area contributed by atoms with E-state index >= 15 is 0 Å². The Morgan fingerprint density at radius 1 is 0.481 bits per heavy atom. The smallest absolute Gasteiger partial charge is 0.222 e. The summed E-state index contributed by atoms with van der Waals surface area (Å²) >= 11 is 0. The number of carbonyl (C=O) groups is 1. The number of aliphatic hydroxyl groups is 3. The topological polar surface area (TPSA) is 89.8 Å². The van der Waals surface area contributed by atoms with Gasteiger partial charge in [0.15, 0.2) is 0 Å². The minimum atomic E-state index is -0.962. The van der Waals surface area contributed by atoms with Crippen molar-refractivity contribution in [3.05, 3.63) is 48.6 Å². The van der Waals surface area contributed by atoms with Gasteiger partial charge >= 0.3 is 0 Å². The number of carbonyl (C=O) groups excluding carboxylic acids is 1. The SMILES string of the molecule is CCCCCCCC/C=C/CC/C=C/CC/C=C/C(O)C(CO)NC(=O)CC(O)CCCCCCC/C=C\CCCCCCCCCCCCCC. The lowest BCUT2D eigenvalue weighted by Gasteiger charge is -2.20. The Balaban J connectivity index is 3.73. The molecule has 1 amide bonds. The normalized spacial score (nSPS) is 14.0. The predicted molar refractivity (Wildman–Crippen MR) is 227 cm³/mol. The van der Waals surface area contributed by atoms with Crippen molar-refractivity contribution in [1.29, 1.82) is 0 Å². The lowest BCUT2D eigenvalue weighted by atomic mass is 10.0. The first-order chi connectivity index (χ1) is 25.5. The van der Waals surface area contributed by atoms with E-state index in [9.17, 15) is 20.1 Å². The summed E-state index contributed by atoms with van der Waals surface area (Å²) in [5.74, 6) is -0.335. The van der Waals surface area contributed by atoms with Crippen LogP contribution in [0, 0.1) is 0 Å². The number of rotatable bonds is 40. The summed E-state index contributed by atoms with van der Waals surface area (Å²) in [6.45, 7) is 4.19. The predicted octanol–water partition coefficient (Wildman–Crippen LogP) is 12.9. The van der Waals surface area contributed by atoms with E-state index in [1.807, 2.05) is 6.08 Å². The molecule has 0 rings (SSSR count). The van der Waals surface area contributed by atoms with Crippen molar-refractivity contribution in [3.8, 4) is 0 Å². The lowest BCUT2D eigenvalue weighted by molar-refractivity contribution is -0.124. The van der Waals surface area contributed by atoms with Gasteiger partial charge in [0.25, 0.3) is 0 Å². The van der Waals surface area contributed by atoms with E-state index in [0.717, 1.165) is 51.4 Å². The summed E-state index contributed by atoms with van der Waals surface area (Å²) in [6.07, 6.45) is 54.0. The second-order valence-corrected chi connectivity index (χ2v) is 15.3. The van der Waals surface area contributed by atoms with Gasteiger partial charge in [0.1, 0.15) is 0 Å². The van der Waals surface area contributed by atoms with Gasteiger partial charge in [-0.15, -0.1) is 0 Å². The third-order valence-corrected chi connectivity index (χ3v) is 10.1. The molecule has 3 atom stereocenters. The quantitative estimate of drug-likeness (QED) is 0.0373. The van der Waals surface area contributed by atoms with E-state index < -0.39 is 18.2 Å². The summed E-state index contributed by atoms with van der Waals surface area (Å²) in [7, 11) is 0. The molecule has 0 aromatic carbocycles. The van der Waals surface area contributed by atoms with Crippen molar-refractivity contribution in [2.45, 2.75) is 238 Å². The maximum Gasteiger partial charge on any atom is 0.222 e. The first kappa shape index (κ1) is 50.3. The molecule has 0 heterocycles. The van der Waals surface area contributed by atoms with Crippen LogP contribution < -0.4 is 5.32 Å². The van der Waals surface area contributed by atoms with Crippen molar-refractivity contribution in [3.63, 3.8) is 0 Å². The van der Waals surface area contributed by atoms with Crippen molar-refractivity contribution in [1.82, 2.24) is 5.32 Å². The summed E-state index contributed by atoms with van der Waals surface area (Å²) in [4.78, 5) is 12.4. The Bertz CT molecular complexity index is 850. The van der Waals surface area contributed by atoms with Crippen LogP contribution in [-0.4, -0.2) is 46.1 Å². The summed E-state index contributed by atoms with van der Waals surface area (Å²) < 4.78 is 0. The molecule has 0 aliphatic rings. The fourth-order valence-electron chi connectivity index (χ4n) is 6.60. The molecule has 0 spiro atoms. The lowest BCUT2D eigenvalue weighted by Crippen LogP contribution is -2.45. The first-order valence-electron chi connectivity index (χ1n) is 22.4. The number of aliphatic hydroxyl groups excluding tert-OH is 3. The van der Waals surface area contributed by atoms with Gasteiger partial charge in [-0.1, -0.05) is 191 Å². The Labute approximate surface area is 323 Å². The molecule has 3 unspecified atom stereocenters. The van der Waals surface area contributed by atoms with Gasteiger partial charge in [-0.2, -0.15) is 0 Å². The maximum absolute atomic E-state index is 12.4. The van der Waals surface area contributed by atoms with Crippen molar-refractivity contribution >= 4 is 5.91 Å². The Morgan fingerprint density at radius 3 is 1.23 bits per heavy atom. The van der Waals surface area contributed by atoms with Gasteiger partial charge in [0.2, 0.25) is 5.91 Å². The van der Waals surface area contributed by atoms with E-state index in [2.05, 4.69) is 55.6 Å². The standard InChI is InChI=1S/C47H87NO4/c1-3-5-7-9-11-13-15-17-19-21-22-23-24-25-26-28-30-32-34-36-38-40-44(50)42-47(52)48-45(43-49)46(51)41-39-37-35-33-31-29-27-20-18-16-14-12-10-8-6-4-2/h18,20,25-26,31,33,39,41,44-46,49-51H,3-17,19,21-24,27-30,32,34-38,40,42-43H2,1-2H3,(H,48,52)/b20-18+,26-25-,33-31+,41-39+. The van der Waals surface area contributed by atoms with Gasteiger partial charge in [-0.25, -0.2) is 0 Å². The second kappa shape index (κ2) is 42.1. The van der Waals surface area contributed by atoms with Gasteiger partial charge in [-0.05, 0) is 70.6 Å². The van der Waals surface area contributed by atoms with Gasteiger partial charge in [-0.3, -0.25) is 4.79 Å². The van der Waals surface area contributed by atoms with Crippen LogP contribution in [-0.2, 0) is 4.79 Å². The van der Waals surface area contributed by atoms with Crippen molar-refractivity contribution < 1.29 is 20.1 Å². The average molecular weight is 730 g/mol. The number of nitrogens with one attached hydrogen (secondary N) is 1. The van der Waals surface area contributed by atoms with E-state index in [1.165, 1.54) is 141 Å². The monoisotopic (exact) mass is 730 g/mol. The zero-order valence-corrected chi connectivity index (χ0v) is 34.4. The Hall–Kier alpha value is -1.69. The van der Waals surface area contributed by atoms with Crippen LogP contribution in [0.5, 0.6) is 0 Å². The van der Waals surface area contributed by atoms with Crippen molar-refractivity contribution in [2.75, 3.05) is 6.61 Å². The summed E-state index contributed by atoms with van der Waals surface area (Å²) in [5.41, 5.74) is 0. The first-order valence-corrected chi connectivity index (χ1v) is 22.4. The molecule has 0 bridgehead atoms. The zero-order valence-electron chi connectivity index (χ0n) is 34.4. The highest BCUT2D eigenvalue weighted by Crippen LogP contribution is 2.14. The number of amides is 1. The summed E-state index contributed by atoms with van der Waals surface area (Å²) in [6, 6.07) is -0.770.